The van der Waals surface area contributed by atoms with Crippen molar-refractivity contribution in [3.8, 4) is 28.3 Å². The molecule has 0 saturated carbocycles. The Kier molecular flexibility index (Phi) is 4.47. The molecular weight excluding hydrogens is 302 g/mol. The third kappa shape index (κ3) is 3.49. The van der Waals surface area contributed by atoms with Gasteiger partial charge in [0.05, 0.1) is 5.56 Å². The summed E-state index contributed by atoms with van der Waals surface area (Å²) in [6.07, 6.45) is 0. The van der Waals surface area contributed by atoms with Gasteiger partial charge < -0.3 is 0 Å². The summed E-state index contributed by atoms with van der Waals surface area (Å²) in [5, 5.41) is 9.94. The van der Waals surface area contributed by atoms with Crippen LogP contribution in [-0.2, 0) is 0 Å². The minimum atomic E-state index is 0.751. The van der Waals surface area contributed by atoms with Gasteiger partial charge >= 0.3 is 0 Å². The average Bonchev–Trinajstić information content (AvgIpc) is 2.52. The van der Waals surface area contributed by atoms with Crippen molar-refractivity contribution in [3.05, 3.63) is 81.9 Å². The molecule has 3 aromatic carbocycles. The molecule has 25 heavy (non-hydrogen) atoms. The van der Waals surface area contributed by atoms with Crippen LogP contribution < -0.4 is 0 Å². The third-order valence-corrected chi connectivity index (χ3v) is 4.46. The lowest BCUT2D eigenvalue weighted by molar-refractivity contribution is 1.35. The largest absolute Gasteiger partial charge is 0.192 e. The predicted molar refractivity (Wildman–Crippen MR) is 106 cm³/mol. The quantitative estimate of drug-likeness (QED) is 0.532. The summed E-state index contributed by atoms with van der Waals surface area (Å²) in [4.78, 5) is 0. The first-order valence-electron chi connectivity index (χ1n) is 8.59. The zero-order chi connectivity index (χ0) is 18.1. The molecule has 124 valence electrons. The van der Waals surface area contributed by atoms with Crippen molar-refractivity contribution in [2.45, 2.75) is 34.6 Å². The van der Waals surface area contributed by atoms with Crippen molar-refractivity contribution >= 4 is 0 Å². The lowest BCUT2D eigenvalue weighted by atomic mass is 9.88. The summed E-state index contributed by atoms with van der Waals surface area (Å²) >= 11 is 0. The molecule has 3 aromatic rings. The van der Waals surface area contributed by atoms with Crippen LogP contribution in [0.5, 0.6) is 0 Å². The first kappa shape index (κ1) is 17.0. The van der Waals surface area contributed by atoms with Gasteiger partial charge in [0.1, 0.15) is 6.07 Å². The van der Waals surface area contributed by atoms with Crippen LogP contribution in [0.3, 0.4) is 0 Å². The number of rotatable bonds is 2. The van der Waals surface area contributed by atoms with Crippen LogP contribution in [-0.4, -0.2) is 0 Å². The highest BCUT2D eigenvalue weighted by Crippen LogP contribution is 2.35. The molecule has 0 aromatic heterocycles. The van der Waals surface area contributed by atoms with Gasteiger partial charge in [0.2, 0.25) is 0 Å². The fourth-order valence-electron chi connectivity index (χ4n) is 3.62. The van der Waals surface area contributed by atoms with Gasteiger partial charge in [0, 0.05) is 11.1 Å². The highest BCUT2D eigenvalue weighted by Gasteiger charge is 2.14. The summed E-state index contributed by atoms with van der Waals surface area (Å²) in [7, 11) is 0. The number of benzene rings is 3. The van der Waals surface area contributed by atoms with Gasteiger partial charge in [-0.1, -0.05) is 70.8 Å². The Balaban J connectivity index is 2.32. The van der Waals surface area contributed by atoms with Crippen molar-refractivity contribution in [3.63, 3.8) is 0 Å². The van der Waals surface area contributed by atoms with E-state index in [1.807, 2.05) is 0 Å². The van der Waals surface area contributed by atoms with Crippen LogP contribution >= 0.6 is 0 Å². The van der Waals surface area contributed by atoms with Gasteiger partial charge in [-0.2, -0.15) is 5.26 Å². The molecule has 3 rings (SSSR count). The van der Waals surface area contributed by atoms with E-state index in [0.717, 1.165) is 27.8 Å². The molecule has 0 aliphatic carbocycles. The van der Waals surface area contributed by atoms with Crippen molar-refractivity contribution in [1.29, 1.82) is 5.26 Å². The minimum absolute atomic E-state index is 0.751. The highest BCUT2D eigenvalue weighted by atomic mass is 14.3. The molecule has 0 spiro atoms. The zero-order valence-corrected chi connectivity index (χ0v) is 15.6. The molecule has 0 N–H and O–H groups in total. The molecule has 0 atom stereocenters. The molecule has 0 amide bonds. The lowest BCUT2D eigenvalue weighted by Crippen LogP contribution is -1.94. The molecule has 0 saturated heterocycles. The first-order chi connectivity index (χ1) is 11.9. The molecule has 0 bridgehead atoms. The topological polar surface area (TPSA) is 23.8 Å². The van der Waals surface area contributed by atoms with Crippen LogP contribution in [0.1, 0.15) is 33.4 Å². The molecule has 0 unspecified atom stereocenters. The maximum absolute atomic E-state index is 9.94. The fraction of sp³-hybridized carbons (Fsp3) is 0.208. The van der Waals surface area contributed by atoms with Crippen molar-refractivity contribution in [1.82, 2.24) is 0 Å². The van der Waals surface area contributed by atoms with Gasteiger partial charge in [0.25, 0.3) is 0 Å². The van der Waals surface area contributed by atoms with Gasteiger partial charge in [0.15, 0.2) is 0 Å². The molecule has 0 heterocycles. The summed E-state index contributed by atoms with van der Waals surface area (Å²) in [5.41, 5.74) is 11.0. The second-order valence-electron chi connectivity index (χ2n) is 7.10. The van der Waals surface area contributed by atoms with Crippen LogP contribution in [0, 0.1) is 45.9 Å². The van der Waals surface area contributed by atoms with E-state index < -0.39 is 0 Å². The maximum Gasteiger partial charge on any atom is 0.100 e. The van der Waals surface area contributed by atoms with Crippen molar-refractivity contribution < 1.29 is 0 Å². The second-order valence-corrected chi connectivity index (χ2v) is 7.10. The van der Waals surface area contributed by atoms with Gasteiger partial charge in [-0.15, -0.1) is 0 Å². The van der Waals surface area contributed by atoms with Crippen LogP contribution in [0.25, 0.3) is 22.3 Å². The van der Waals surface area contributed by atoms with Gasteiger partial charge in [-0.3, -0.25) is 0 Å². The number of aryl methyl sites for hydroxylation is 5. The van der Waals surface area contributed by atoms with E-state index >= 15 is 0 Å². The van der Waals surface area contributed by atoms with E-state index in [-0.39, 0.29) is 0 Å². The number of hydrogen-bond donors (Lipinski definition) is 0. The third-order valence-electron chi connectivity index (χ3n) is 4.46. The van der Waals surface area contributed by atoms with Gasteiger partial charge in [-0.25, -0.2) is 0 Å². The van der Waals surface area contributed by atoms with E-state index in [1.54, 1.807) is 0 Å². The molecule has 0 aliphatic rings. The minimum Gasteiger partial charge on any atom is -0.192 e. The van der Waals surface area contributed by atoms with Crippen LogP contribution in [0.4, 0.5) is 0 Å². The van der Waals surface area contributed by atoms with E-state index in [1.165, 1.54) is 27.8 Å². The number of nitriles is 1. The summed E-state index contributed by atoms with van der Waals surface area (Å²) < 4.78 is 0. The Labute approximate surface area is 150 Å². The highest BCUT2D eigenvalue weighted by molar-refractivity contribution is 5.83. The van der Waals surface area contributed by atoms with Crippen molar-refractivity contribution in [2.75, 3.05) is 0 Å². The van der Waals surface area contributed by atoms with E-state index in [4.69, 9.17) is 0 Å². The van der Waals surface area contributed by atoms with E-state index in [0.29, 0.717) is 0 Å². The Morgan fingerprint density at radius 1 is 0.520 bits per heavy atom. The lowest BCUT2D eigenvalue weighted by Gasteiger charge is -2.14. The Hall–Kier alpha value is -2.85. The Morgan fingerprint density at radius 3 is 1.16 bits per heavy atom. The average molecular weight is 325 g/mol. The predicted octanol–water partition coefficient (Wildman–Crippen LogP) is 6.43. The van der Waals surface area contributed by atoms with Crippen molar-refractivity contribution in [2.24, 2.45) is 0 Å². The fourth-order valence-corrected chi connectivity index (χ4v) is 3.62. The number of nitrogens with zero attached hydrogens (tertiary/aromatic N) is 1. The molecule has 1 heteroatoms. The maximum atomic E-state index is 9.94. The Bertz CT molecular complexity index is 890. The summed E-state index contributed by atoms with van der Waals surface area (Å²) in [6.45, 7) is 10.5. The van der Waals surface area contributed by atoms with Gasteiger partial charge in [-0.05, 0) is 51.3 Å². The Morgan fingerprint density at radius 2 is 0.840 bits per heavy atom. The zero-order valence-electron chi connectivity index (χ0n) is 15.6. The van der Waals surface area contributed by atoms with Crippen LogP contribution in [0.15, 0.2) is 48.5 Å². The monoisotopic (exact) mass is 325 g/mol. The normalized spacial score (nSPS) is 10.6. The molecule has 0 radical (unpaired) electrons. The summed E-state index contributed by atoms with van der Waals surface area (Å²) in [5.74, 6) is 0. The smallest absolute Gasteiger partial charge is 0.100 e. The first-order valence-corrected chi connectivity index (χ1v) is 8.59. The standard InChI is InChI=1S/C24H23N/c1-15-6-16(2)9-20(8-15)22-12-19(5)13-23(24(22)14-25)21-10-17(3)7-18(4)11-21/h6-13H,1-5H3. The SMILES string of the molecule is Cc1cc(C)cc(-c2cc(C)cc(-c3cc(C)cc(C)c3)c2C#N)c1. The molecule has 0 aliphatic heterocycles. The molecular formula is C24H23N. The van der Waals surface area contributed by atoms with E-state index in [9.17, 15) is 5.26 Å². The summed E-state index contributed by atoms with van der Waals surface area (Å²) in [6, 6.07) is 19.7. The molecule has 0 fully saturated rings. The molecule has 1 nitrogen and oxygen atoms in total. The van der Waals surface area contributed by atoms with E-state index in [2.05, 4.69) is 89.2 Å². The number of hydrogen-bond acceptors (Lipinski definition) is 1. The van der Waals surface area contributed by atoms with Crippen LogP contribution in [0.2, 0.25) is 0 Å². The second kappa shape index (κ2) is 6.57.